The minimum absolute atomic E-state index is 0.0398. The fourth-order valence-electron chi connectivity index (χ4n) is 3.48. The number of nitrogens with zero attached hydrogens (tertiary/aromatic N) is 1. The second-order valence-electron chi connectivity index (χ2n) is 7.40. The van der Waals surface area contributed by atoms with Crippen molar-refractivity contribution in [2.45, 2.75) is 25.9 Å². The van der Waals surface area contributed by atoms with Crippen LogP contribution >= 0.6 is 15.9 Å². The SMILES string of the molecule is COc1ccc(Br)cc1CCc1c(F)cccc1C(=O)NC(N)=NCc1cccc(CN)c1. The predicted molar refractivity (Wildman–Crippen MR) is 132 cm³/mol. The number of benzene rings is 3. The lowest BCUT2D eigenvalue weighted by Crippen LogP contribution is -2.37. The van der Waals surface area contributed by atoms with Crippen LogP contribution in [-0.2, 0) is 25.9 Å². The smallest absolute Gasteiger partial charge is 0.258 e. The van der Waals surface area contributed by atoms with E-state index in [0.29, 0.717) is 37.2 Å². The maximum absolute atomic E-state index is 14.7. The van der Waals surface area contributed by atoms with Gasteiger partial charge in [-0.1, -0.05) is 46.3 Å². The van der Waals surface area contributed by atoms with Crippen molar-refractivity contribution in [3.63, 3.8) is 0 Å². The lowest BCUT2D eigenvalue weighted by Gasteiger charge is -2.13. The van der Waals surface area contributed by atoms with Crippen LogP contribution in [-0.4, -0.2) is 19.0 Å². The van der Waals surface area contributed by atoms with Gasteiger partial charge in [0.05, 0.1) is 13.7 Å². The van der Waals surface area contributed by atoms with E-state index in [2.05, 4.69) is 26.2 Å². The van der Waals surface area contributed by atoms with E-state index >= 15 is 0 Å². The number of amides is 1. The minimum atomic E-state index is -0.511. The van der Waals surface area contributed by atoms with E-state index in [-0.39, 0.29) is 11.5 Å². The molecule has 0 fully saturated rings. The van der Waals surface area contributed by atoms with Gasteiger partial charge in [-0.25, -0.2) is 9.38 Å². The van der Waals surface area contributed by atoms with E-state index in [4.69, 9.17) is 16.2 Å². The molecular weight excluding hydrogens is 487 g/mol. The Labute approximate surface area is 201 Å². The molecule has 0 aliphatic carbocycles. The Morgan fingerprint density at radius 2 is 1.85 bits per heavy atom. The highest BCUT2D eigenvalue weighted by atomic mass is 79.9. The molecule has 0 aliphatic heterocycles. The number of hydrogen-bond acceptors (Lipinski definition) is 4. The molecule has 1 amide bonds. The summed E-state index contributed by atoms with van der Waals surface area (Å²) < 4.78 is 20.9. The van der Waals surface area contributed by atoms with Gasteiger partial charge in [0.25, 0.3) is 5.91 Å². The summed E-state index contributed by atoms with van der Waals surface area (Å²) in [5.41, 5.74) is 14.9. The summed E-state index contributed by atoms with van der Waals surface area (Å²) in [7, 11) is 1.59. The highest BCUT2D eigenvalue weighted by Gasteiger charge is 2.17. The Balaban J connectivity index is 1.73. The van der Waals surface area contributed by atoms with E-state index in [1.807, 2.05) is 42.5 Å². The Kier molecular flexibility index (Phi) is 8.57. The fraction of sp³-hybridized carbons (Fsp3) is 0.200. The van der Waals surface area contributed by atoms with Crippen molar-refractivity contribution in [3.05, 3.63) is 98.8 Å². The molecule has 0 unspecified atom stereocenters. The zero-order valence-electron chi connectivity index (χ0n) is 18.3. The van der Waals surface area contributed by atoms with E-state index in [1.165, 1.54) is 12.1 Å². The standard InChI is InChI=1S/C25H26BrFN4O2/c1-33-23-11-9-19(26)13-18(23)8-10-20-21(6-3-7-22(20)27)24(32)31-25(29)30-15-17-5-2-4-16(12-17)14-28/h2-7,9,11-13H,8,10,14-15,28H2,1H3,(H3,29,30,31,32). The fourth-order valence-corrected chi connectivity index (χ4v) is 3.89. The van der Waals surface area contributed by atoms with Crippen molar-refractivity contribution < 1.29 is 13.9 Å². The maximum atomic E-state index is 14.7. The van der Waals surface area contributed by atoms with Gasteiger partial charge < -0.3 is 16.2 Å². The number of carbonyl (C=O) groups is 1. The van der Waals surface area contributed by atoms with Crippen LogP contribution in [0.5, 0.6) is 5.75 Å². The number of nitrogens with two attached hydrogens (primary N) is 2. The number of carbonyl (C=O) groups excluding carboxylic acids is 1. The summed E-state index contributed by atoms with van der Waals surface area (Å²) >= 11 is 3.44. The monoisotopic (exact) mass is 512 g/mol. The first-order chi connectivity index (χ1) is 15.9. The third-order valence-electron chi connectivity index (χ3n) is 5.15. The lowest BCUT2D eigenvalue weighted by atomic mass is 9.98. The summed E-state index contributed by atoms with van der Waals surface area (Å²) in [6.45, 7) is 0.719. The average molecular weight is 513 g/mol. The Bertz CT molecular complexity index is 1170. The third kappa shape index (κ3) is 6.63. The number of guanidine groups is 1. The van der Waals surface area contributed by atoms with Gasteiger partial charge in [0, 0.05) is 22.1 Å². The van der Waals surface area contributed by atoms with Crippen LogP contribution in [0.4, 0.5) is 4.39 Å². The lowest BCUT2D eigenvalue weighted by molar-refractivity contribution is 0.0975. The van der Waals surface area contributed by atoms with Gasteiger partial charge in [-0.15, -0.1) is 0 Å². The molecular formula is C25H26BrFN4O2. The average Bonchev–Trinajstić information content (AvgIpc) is 2.82. The molecule has 5 N–H and O–H groups in total. The number of hydrogen-bond donors (Lipinski definition) is 3. The number of aliphatic imine (C=N–C) groups is 1. The van der Waals surface area contributed by atoms with E-state index in [9.17, 15) is 9.18 Å². The zero-order valence-corrected chi connectivity index (χ0v) is 19.9. The molecule has 0 bridgehead atoms. The zero-order chi connectivity index (χ0) is 23.8. The molecule has 172 valence electrons. The molecule has 0 saturated heterocycles. The van der Waals surface area contributed by atoms with Gasteiger partial charge in [0.15, 0.2) is 5.96 Å². The number of halogens is 2. The first-order valence-corrected chi connectivity index (χ1v) is 11.2. The number of rotatable bonds is 8. The van der Waals surface area contributed by atoms with Gasteiger partial charge in [-0.05, 0) is 59.9 Å². The number of aryl methyl sites for hydroxylation is 1. The predicted octanol–water partition coefficient (Wildman–Crippen LogP) is 4.09. The largest absolute Gasteiger partial charge is 0.496 e. The van der Waals surface area contributed by atoms with Crippen LogP contribution in [0.15, 0.2) is 70.1 Å². The van der Waals surface area contributed by atoms with Gasteiger partial charge in [-0.3, -0.25) is 10.1 Å². The molecule has 6 nitrogen and oxygen atoms in total. The molecule has 3 aromatic carbocycles. The van der Waals surface area contributed by atoms with Crippen LogP contribution in [0.2, 0.25) is 0 Å². The van der Waals surface area contributed by atoms with Crippen LogP contribution in [0.3, 0.4) is 0 Å². The van der Waals surface area contributed by atoms with E-state index in [0.717, 1.165) is 21.2 Å². The summed E-state index contributed by atoms with van der Waals surface area (Å²) in [4.78, 5) is 17.1. The molecule has 3 rings (SSSR count). The van der Waals surface area contributed by atoms with E-state index in [1.54, 1.807) is 13.2 Å². The Morgan fingerprint density at radius 1 is 1.09 bits per heavy atom. The van der Waals surface area contributed by atoms with Crippen LogP contribution in [0, 0.1) is 5.82 Å². The first kappa shape index (κ1) is 24.4. The highest BCUT2D eigenvalue weighted by molar-refractivity contribution is 9.10. The quantitative estimate of drug-likeness (QED) is 0.312. The van der Waals surface area contributed by atoms with Crippen molar-refractivity contribution in [1.82, 2.24) is 5.32 Å². The second kappa shape index (κ2) is 11.6. The Morgan fingerprint density at radius 3 is 2.61 bits per heavy atom. The molecule has 8 heteroatoms. The third-order valence-corrected chi connectivity index (χ3v) is 5.64. The number of methoxy groups -OCH3 is 1. The van der Waals surface area contributed by atoms with Crippen molar-refractivity contribution in [1.29, 1.82) is 0 Å². The van der Waals surface area contributed by atoms with Crippen molar-refractivity contribution in [3.8, 4) is 5.75 Å². The topological polar surface area (TPSA) is 103 Å². The number of ether oxygens (including phenoxy) is 1. The van der Waals surface area contributed by atoms with E-state index < -0.39 is 11.7 Å². The van der Waals surface area contributed by atoms with Gasteiger partial charge in [-0.2, -0.15) is 0 Å². The maximum Gasteiger partial charge on any atom is 0.258 e. The van der Waals surface area contributed by atoms with Crippen LogP contribution in [0.1, 0.15) is 32.6 Å². The molecule has 0 spiro atoms. The van der Waals surface area contributed by atoms with Crippen molar-refractivity contribution in [2.24, 2.45) is 16.5 Å². The van der Waals surface area contributed by atoms with Gasteiger partial charge in [0.2, 0.25) is 0 Å². The van der Waals surface area contributed by atoms with Crippen molar-refractivity contribution >= 4 is 27.8 Å². The minimum Gasteiger partial charge on any atom is -0.496 e. The molecule has 0 aliphatic rings. The molecule has 0 heterocycles. The molecule has 0 atom stereocenters. The molecule has 0 saturated carbocycles. The van der Waals surface area contributed by atoms with Crippen LogP contribution < -0.4 is 21.5 Å². The second-order valence-corrected chi connectivity index (χ2v) is 8.32. The van der Waals surface area contributed by atoms with Crippen molar-refractivity contribution in [2.75, 3.05) is 7.11 Å². The molecule has 3 aromatic rings. The normalized spacial score (nSPS) is 11.3. The summed E-state index contributed by atoms with van der Waals surface area (Å²) in [5, 5.41) is 2.56. The number of nitrogens with one attached hydrogen (secondary N) is 1. The van der Waals surface area contributed by atoms with Crippen LogP contribution in [0.25, 0.3) is 0 Å². The molecule has 0 radical (unpaired) electrons. The van der Waals surface area contributed by atoms with Gasteiger partial charge in [0.1, 0.15) is 11.6 Å². The summed E-state index contributed by atoms with van der Waals surface area (Å²) in [6.07, 6.45) is 0.802. The highest BCUT2D eigenvalue weighted by Crippen LogP contribution is 2.25. The summed E-state index contributed by atoms with van der Waals surface area (Å²) in [6, 6.07) is 17.7. The Hall–Kier alpha value is -3.23. The van der Waals surface area contributed by atoms with Gasteiger partial charge >= 0.3 is 0 Å². The first-order valence-electron chi connectivity index (χ1n) is 10.4. The summed E-state index contributed by atoms with van der Waals surface area (Å²) in [5.74, 6) is -0.300. The molecule has 33 heavy (non-hydrogen) atoms. The molecule has 0 aromatic heterocycles.